The highest BCUT2D eigenvalue weighted by molar-refractivity contribution is 7.10. The van der Waals surface area contributed by atoms with Crippen LogP contribution in [0.4, 0.5) is 4.39 Å². The fourth-order valence-electron chi connectivity index (χ4n) is 4.77. The van der Waals surface area contributed by atoms with E-state index < -0.39 is 0 Å². The number of fused-ring (bicyclic) bond motifs is 2. The maximum atomic E-state index is 13.8. The largest absolute Gasteiger partial charge is 0.491 e. The number of benzene rings is 2. The van der Waals surface area contributed by atoms with Crippen LogP contribution in [-0.4, -0.2) is 54.6 Å². The molecule has 3 aromatic rings. The van der Waals surface area contributed by atoms with Crippen molar-refractivity contribution in [2.45, 2.75) is 32.7 Å². The summed E-state index contributed by atoms with van der Waals surface area (Å²) < 4.78 is 30.2. The van der Waals surface area contributed by atoms with Gasteiger partial charge in [-0.25, -0.2) is 4.39 Å². The Kier molecular flexibility index (Phi) is 7.83. The molecule has 0 spiro atoms. The van der Waals surface area contributed by atoms with Gasteiger partial charge in [-0.15, -0.1) is 11.3 Å². The molecule has 2 amide bonds. The molecule has 0 fully saturated rings. The van der Waals surface area contributed by atoms with Gasteiger partial charge in [-0.3, -0.25) is 9.59 Å². The van der Waals surface area contributed by atoms with Crippen LogP contribution in [0.25, 0.3) is 0 Å². The fourth-order valence-corrected chi connectivity index (χ4v) is 5.70. The van der Waals surface area contributed by atoms with E-state index in [2.05, 4.69) is 13.8 Å². The quantitative estimate of drug-likeness (QED) is 0.370. The molecule has 0 unspecified atom stereocenters. The molecule has 2 aromatic carbocycles. The lowest BCUT2D eigenvalue weighted by atomic mass is 10.00. The van der Waals surface area contributed by atoms with Crippen LogP contribution in [0.5, 0.6) is 17.2 Å². The predicted molar refractivity (Wildman–Crippen MR) is 142 cm³/mol. The molecule has 7 nitrogen and oxygen atoms in total. The van der Waals surface area contributed by atoms with E-state index in [9.17, 15) is 14.0 Å². The van der Waals surface area contributed by atoms with Crippen molar-refractivity contribution in [3.8, 4) is 17.2 Å². The first-order valence-corrected chi connectivity index (χ1v) is 13.7. The highest BCUT2D eigenvalue weighted by atomic mass is 32.1. The van der Waals surface area contributed by atoms with Gasteiger partial charge in [0.25, 0.3) is 5.91 Å². The number of halogens is 1. The van der Waals surface area contributed by atoms with Crippen molar-refractivity contribution in [2.75, 3.05) is 33.0 Å². The summed E-state index contributed by atoms with van der Waals surface area (Å²) in [6.45, 7) is 5.47. The Morgan fingerprint density at radius 1 is 1.16 bits per heavy atom. The number of nitrogens with zero attached hydrogens (tertiary/aromatic N) is 2. The zero-order valence-corrected chi connectivity index (χ0v) is 22.3. The molecule has 2 aliphatic rings. The first kappa shape index (κ1) is 26.0. The van der Waals surface area contributed by atoms with Crippen LogP contribution in [0.15, 0.2) is 53.9 Å². The Hall–Kier alpha value is -3.59. The number of rotatable bonds is 9. The molecule has 0 saturated carbocycles. The normalized spacial score (nSPS) is 16.6. The van der Waals surface area contributed by atoms with E-state index in [1.54, 1.807) is 46.6 Å². The van der Waals surface area contributed by atoms with Crippen molar-refractivity contribution in [1.29, 1.82) is 0 Å². The summed E-state index contributed by atoms with van der Waals surface area (Å²) >= 11 is 1.67. The first-order chi connectivity index (χ1) is 18.4. The summed E-state index contributed by atoms with van der Waals surface area (Å²) in [5.74, 6) is 1.22. The van der Waals surface area contributed by atoms with E-state index in [1.165, 1.54) is 17.0 Å². The average Bonchev–Trinajstić information content (AvgIpc) is 3.60. The monoisotopic (exact) mass is 538 g/mol. The Balaban J connectivity index is 1.35. The third kappa shape index (κ3) is 5.62. The summed E-state index contributed by atoms with van der Waals surface area (Å²) in [6, 6.07) is 12.7. The van der Waals surface area contributed by atoms with Gasteiger partial charge in [0.15, 0.2) is 11.5 Å². The lowest BCUT2D eigenvalue weighted by Crippen LogP contribution is -2.48. The number of hydrogen-bond donors (Lipinski definition) is 0. The van der Waals surface area contributed by atoms with Crippen molar-refractivity contribution < 1.29 is 28.2 Å². The van der Waals surface area contributed by atoms with E-state index in [4.69, 9.17) is 14.2 Å². The minimum Gasteiger partial charge on any atom is -0.491 e. The second-order valence-electron chi connectivity index (χ2n) is 9.68. The topological polar surface area (TPSA) is 68.3 Å². The molecule has 0 radical (unpaired) electrons. The molecule has 38 heavy (non-hydrogen) atoms. The van der Waals surface area contributed by atoms with Gasteiger partial charge < -0.3 is 24.0 Å². The van der Waals surface area contributed by atoms with Crippen molar-refractivity contribution in [2.24, 2.45) is 5.92 Å². The molecule has 2 atom stereocenters. The Labute approximate surface area is 225 Å². The number of hydrogen-bond acceptors (Lipinski definition) is 6. The molecule has 9 heteroatoms. The maximum Gasteiger partial charge on any atom is 0.254 e. The second kappa shape index (κ2) is 11.4. The zero-order valence-electron chi connectivity index (χ0n) is 21.5. The van der Waals surface area contributed by atoms with E-state index in [0.29, 0.717) is 35.9 Å². The summed E-state index contributed by atoms with van der Waals surface area (Å²) in [4.78, 5) is 32.1. The molecule has 0 aliphatic carbocycles. The van der Waals surface area contributed by atoms with Gasteiger partial charge in [0.05, 0.1) is 6.04 Å². The highest BCUT2D eigenvalue weighted by Crippen LogP contribution is 2.35. The molecular weight excluding hydrogens is 507 g/mol. The standard InChI is InChI=1S/C29H31FN2O5S/c1-3-19(2)15-31(29(34)20-4-9-25-26(14-20)37-18-36-25)16-28(33)32-12-10-27-23(11-13-38-27)24(32)17-35-22-7-5-21(30)6-8-22/h4-9,11,13-14,19,24H,3,10,12,15-18H2,1-2H3/t19-,24-/m1/s1. The molecule has 200 valence electrons. The minimum absolute atomic E-state index is 0.0376. The van der Waals surface area contributed by atoms with Crippen molar-refractivity contribution in [3.05, 3.63) is 75.7 Å². The fraction of sp³-hybridized carbons (Fsp3) is 0.379. The van der Waals surface area contributed by atoms with E-state index >= 15 is 0 Å². The second-order valence-corrected chi connectivity index (χ2v) is 10.7. The van der Waals surface area contributed by atoms with E-state index in [-0.39, 0.29) is 49.5 Å². The summed E-state index contributed by atoms with van der Waals surface area (Å²) in [6.07, 6.45) is 1.64. The van der Waals surface area contributed by atoms with Gasteiger partial charge in [0, 0.05) is 23.5 Å². The van der Waals surface area contributed by atoms with Crippen LogP contribution in [0.3, 0.4) is 0 Å². The lowest BCUT2D eigenvalue weighted by Gasteiger charge is -2.37. The van der Waals surface area contributed by atoms with Gasteiger partial charge in [-0.05, 0) is 71.8 Å². The van der Waals surface area contributed by atoms with E-state index in [1.807, 2.05) is 16.3 Å². The van der Waals surface area contributed by atoms with Crippen LogP contribution in [0.1, 0.15) is 47.1 Å². The number of carbonyl (C=O) groups is 2. The van der Waals surface area contributed by atoms with Gasteiger partial charge >= 0.3 is 0 Å². The van der Waals surface area contributed by atoms with Crippen molar-refractivity contribution >= 4 is 23.2 Å². The average molecular weight is 539 g/mol. The molecule has 0 saturated heterocycles. The predicted octanol–water partition coefficient (Wildman–Crippen LogP) is 5.31. The van der Waals surface area contributed by atoms with Gasteiger partial charge in [0.2, 0.25) is 12.7 Å². The smallest absolute Gasteiger partial charge is 0.254 e. The van der Waals surface area contributed by atoms with Crippen LogP contribution in [-0.2, 0) is 11.2 Å². The third-order valence-electron chi connectivity index (χ3n) is 7.10. The van der Waals surface area contributed by atoms with E-state index in [0.717, 1.165) is 18.4 Å². The van der Waals surface area contributed by atoms with Crippen molar-refractivity contribution in [1.82, 2.24) is 9.80 Å². The molecule has 0 N–H and O–H groups in total. The number of thiophene rings is 1. The Bertz CT molecular complexity index is 1290. The molecule has 0 bridgehead atoms. The minimum atomic E-state index is -0.333. The Morgan fingerprint density at radius 2 is 1.95 bits per heavy atom. The molecule has 3 heterocycles. The summed E-state index contributed by atoms with van der Waals surface area (Å²) in [5.41, 5.74) is 1.52. The maximum absolute atomic E-state index is 13.8. The van der Waals surface area contributed by atoms with Crippen LogP contribution < -0.4 is 14.2 Å². The number of ether oxygens (including phenoxy) is 3. The summed E-state index contributed by atoms with van der Waals surface area (Å²) in [5, 5.41) is 2.03. The van der Waals surface area contributed by atoms with Crippen LogP contribution in [0, 0.1) is 11.7 Å². The van der Waals surface area contributed by atoms with Crippen molar-refractivity contribution in [3.63, 3.8) is 0 Å². The van der Waals surface area contributed by atoms with Crippen LogP contribution in [0.2, 0.25) is 0 Å². The van der Waals surface area contributed by atoms with Crippen LogP contribution >= 0.6 is 11.3 Å². The van der Waals surface area contributed by atoms with Gasteiger partial charge in [-0.1, -0.05) is 20.3 Å². The molecule has 5 rings (SSSR count). The highest BCUT2D eigenvalue weighted by Gasteiger charge is 2.34. The van der Waals surface area contributed by atoms with Gasteiger partial charge in [-0.2, -0.15) is 0 Å². The molecular formula is C29H31FN2O5S. The Morgan fingerprint density at radius 3 is 2.74 bits per heavy atom. The first-order valence-electron chi connectivity index (χ1n) is 12.9. The van der Waals surface area contributed by atoms with Gasteiger partial charge in [0.1, 0.15) is 24.7 Å². The lowest BCUT2D eigenvalue weighted by molar-refractivity contribution is -0.135. The molecule has 2 aliphatic heterocycles. The number of amides is 2. The third-order valence-corrected chi connectivity index (χ3v) is 8.10. The SMILES string of the molecule is CC[C@@H](C)CN(CC(=O)N1CCc2sccc2[C@H]1COc1ccc(F)cc1)C(=O)c1ccc2c(c1)OCO2. The molecule has 1 aromatic heterocycles. The summed E-state index contributed by atoms with van der Waals surface area (Å²) in [7, 11) is 0. The zero-order chi connectivity index (χ0) is 26.6. The number of carbonyl (C=O) groups excluding carboxylic acids is 2.